The number of rotatable bonds is 3. The number of hydrogen-bond donors (Lipinski definition) is 1. The number of ether oxygens (including phenoxy) is 1. The van der Waals surface area contributed by atoms with Crippen molar-refractivity contribution in [3.8, 4) is 5.75 Å². The molecule has 0 fully saturated rings. The van der Waals surface area contributed by atoms with E-state index < -0.39 is 5.82 Å². The van der Waals surface area contributed by atoms with Crippen LogP contribution in [0.4, 0.5) is 10.1 Å². The van der Waals surface area contributed by atoms with Crippen molar-refractivity contribution in [3.05, 3.63) is 53.1 Å². The molecule has 3 nitrogen and oxygen atoms in total. The molecule has 88 valence electrons. The molecule has 0 aliphatic carbocycles. The topological polar surface area (TPSA) is 48.1 Å². The van der Waals surface area contributed by atoms with E-state index in [9.17, 15) is 4.39 Å². The van der Waals surface area contributed by atoms with Gasteiger partial charge >= 0.3 is 0 Å². The van der Waals surface area contributed by atoms with Gasteiger partial charge in [0.15, 0.2) is 11.6 Å². The van der Waals surface area contributed by atoms with E-state index in [0.29, 0.717) is 11.4 Å². The Hall–Kier alpha value is -1.81. The Morgan fingerprint density at radius 1 is 1.35 bits per heavy atom. The number of halogens is 2. The van der Waals surface area contributed by atoms with Crippen LogP contribution in [0.2, 0.25) is 5.02 Å². The van der Waals surface area contributed by atoms with Crippen LogP contribution < -0.4 is 10.5 Å². The summed E-state index contributed by atoms with van der Waals surface area (Å²) in [6.07, 6.45) is 1.57. The van der Waals surface area contributed by atoms with Crippen molar-refractivity contribution in [3.63, 3.8) is 0 Å². The van der Waals surface area contributed by atoms with Crippen LogP contribution in [0.3, 0.4) is 0 Å². The Bertz CT molecular complexity index is 534. The first-order valence-electron chi connectivity index (χ1n) is 4.94. The summed E-state index contributed by atoms with van der Waals surface area (Å²) in [6, 6.07) is 7.93. The molecule has 0 radical (unpaired) electrons. The molecule has 2 rings (SSSR count). The van der Waals surface area contributed by atoms with Crippen molar-refractivity contribution in [2.24, 2.45) is 0 Å². The number of benzene rings is 1. The minimum Gasteiger partial charge on any atom is -0.484 e. The Labute approximate surface area is 103 Å². The highest BCUT2D eigenvalue weighted by Gasteiger charge is 2.07. The molecule has 0 aliphatic rings. The molecule has 0 saturated heterocycles. The average molecular weight is 253 g/mol. The molecule has 0 saturated carbocycles. The second-order valence-electron chi connectivity index (χ2n) is 3.42. The quantitative estimate of drug-likeness (QED) is 0.913. The highest BCUT2D eigenvalue weighted by Crippen LogP contribution is 2.24. The molecule has 17 heavy (non-hydrogen) atoms. The molecule has 0 atom stereocenters. The molecule has 0 aliphatic heterocycles. The Morgan fingerprint density at radius 3 is 2.94 bits per heavy atom. The van der Waals surface area contributed by atoms with E-state index in [1.54, 1.807) is 24.4 Å². The molecule has 0 amide bonds. The lowest BCUT2D eigenvalue weighted by Crippen LogP contribution is -2.00. The third-order valence-electron chi connectivity index (χ3n) is 2.13. The van der Waals surface area contributed by atoms with Gasteiger partial charge in [-0.1, -0.05) is 17.7 Å². The van der Waals surface area contributed by atoms with Crippen LogP contribution in [0.5, 0.6) is 5.75 Å². The summed E-state index contributed by atoms with van der Waals surface area (Å²) in [7, 11) is 0. The van der Waals surface area contributed by atoms with Gasteiger partial charge in [0.2, 0.25) is 0 Å². The van der Waals surface area contributed by atoms with E-state index in [4.69, 9.17) is 22.1 Å². The number of nitrogens with two attached hydrogens (primary N) is 1. The van der Waals surface area contributed by atoms with Crippen LogP contribution in [0.25, 0.3) is 0 Å². The predicted molar refractivity (Wildman–Crippen MR) is 64.4 cm³/mol. The molecule has 0 bridgehead atoms. The van der Waals surface area contributed by atoms with Crippen LogP contribution in [0.1, 0.15) is 5.69 Å². The lowest BCUT2D eigenvalue weighted by molar-refractivity contribution is 0.286. The zero-order valence-corrected chi connectivity index (χ0v) is 9.62. The van der Waals surface area contributed by atoms with E-state index in [1.807, 2.05) is 0 Å². The van der Waals surface area contributed by atoms with Crippen LogP contribution in [0, 0.1) is 5.82 Å². The molecule has 2 N–H and O–H groups in total. The smallest absolute Gasteiger partial charge is 0.183 e. The lowest BCUT2D eigenvalue weighted by Gasteiger charge is -2.07. The zero-order chi connectivity index (χ0) is 12.3. The van der Waals surface area contributed by atoms with Crippen molar-refractivity contribution in [2.45, 2.75) is 6.61 Å². The number of nitrogens with zero attached hydrogens (tertiary/aromatic N) is 1. The summed E-state index contributed by atoms with van der Waals surface area (Å²) < 4.78 is 18.8. The number of hydrogen-bond acceptors (Lipinski definition) is 3. The monoisotopic (exact) mass is 252 g/mol. The van der Waals surface area contributed by atoms with E-state index >= 15 is 0 Å². The van der Waals surface area contributed by atoms with Crippen LogP contribution in [-0.2, 0) is 6.61 Å². The van der Waals surface area contributed by atoms with E-state index in [-0.39, 0.29) is 17.4 Å². The van der Waals surface area contributed by atoms with Gasteiger partial charge in [-0.25, -0.2) is 4.39 Å². The predicted octanol–water partition coefficient (Wildman–Crippen LogP) is 3.04. The van der Waals surface area contributed by atoms with Crippen molar-refractivity contribution in [1.82, 2.24) is 4.98 Å². The van der Waals surface area contributed by atoms with Gasteiger partial charge in [0.05, 0.1) is 10.7 Å². The third-order valence-corrected chi connectivity index (χ3v) is 2.42. The van der Waals surface area contributed by atoms with E-state index in [0.717, 1.165) is 0 Å². The molecule has 1 aromatic carbocycles. The van der Waals surface area contributed by atoms with Gasteiger partial charge in [-0.2, -0.15) is 0 Å². The van der Waals surface area contributed by atoms with Gasteiger partial charge in [0.1, 0.15) is 6.61 Å². The molecule has 0 unspecified atom stereocenters. The maximum Gasteiger partial charge on any atom is 0.183 e. The normalized spacial score (nSPS) is 10.2. The Balaban J connectivity index is 2.10. The molecule has 1 heterocycles. The number of aromatic nitrogens is 1. The largest absolute Gasteiger partial charge is 0.484 e. The molecule has 5 heteroatoms. The fraction of sp³-hybridized carbons (Fsp3) is 0.0833. The Kier molecular flexibility index (Phi) is 3.44. The summed E-state index contributed by atoms with van der Waals surface area (Å²) in [5, 5.41) is 0.0306. The van der Waals surface area contributed by atoms with E-state index in [1.165, 1.54) is 12.1 Å². The van der Waals surface area contributed by atoms with Gasteiger partial charge in [0.25, 0.3) is 0 Å². The average Bonchev–Trinajstić information content (AvgIpc) is 2.31. The van der Waals surface area contributed by atoms with Crippen molar-refractivity contribution in [1.29, 1.82) is 0 Å². The van der Waals surface area contributed by atoms with Gasteiger partial charge in [0, 0.05) is 11.9 Å². The SMILES string of the molecule is Nc1ccnc(COc2cccc(Cl)c2F)c1. The Morgan fingerprint density at radius 2 is 2.18 bits per heavy atom. The van der Waals surface area contributed by atoms with Crippen molar-refractivity contribution in [2.75, 3.05) is 5.73 Å². The van der Waals surface area contributed by atoms with Crippen molar-refractivity contribution >= 4 is 17.3 Å². The minimum atomic E-state index is -0.571. The summed E-state index contributed by atoms with van der Waals surface area (Å²) in [5.74, 6) is -0.472. The number of anilines is 1. The molecular formula is C12H10ClFN2O. The van der Waals surface area contributed by atoms with E-state index in [2.05, 4.69) is 4.98 Å². The first kappa shape index (κ1) is 11.7. The maximum absolute atomic E-state index is 13.5. The minimum absolute atomic E-state index is 0.0306. The molecule has 2 aromatic rings. The van der Waals surface area contributed by atoms with Crippen LogP contribution >= 0.6 is 11.6 Å². The fourth-order valence-electron chi connectivity index (χ4n) is 1.32. The summed E-state index contributed by atoms with van der Waals surface area (Å²) in [6.45, 7) is 0.141. The molecule has 1 aromatic heterocycles. The van der Waals surface area contributed by atoms with Gasteiger partial charge in [-0.3, -0.25) is 4.98 Å². The van der Waals surface area contributed by atoms with Gasteiger partial charge in [-0.05, 0) is 24.3 Å². The first-order valence-corrected chi connectivity index (χ1v) is 5.32. The molecule has 0 spiro atoms. The summed E-state index contributed by atoms with van der Waals surface area (Å²) in [4.78, 5) is 4.05. The first-order chi connectivity index (χ1) is 8.16. The highest BCUT2D eigenvalue weighted by molar-refractivity contribution is 6.30. The number of nitrogen functional groups attached to an aromatic ring is 1. The van der Waals surface area contributed by atoms with Crippen molar-refractivity contribution < 1.29 is 9.13 Å². The second kappa shape index (κ2) is 5.01. The van der Waals surface area contributed by atoms with Crippen LogP contribution in [-0.4, -0.2) is 4.98 Å². The van der Waals surface area contributed by atoms with Crippen LogP contribution in [0.15, 0.2) is 36.5 Å². The van der Waals surface area contributed by atoms with Gasteiger partial charge < -0.3 is 10.5 Å². The molecular weight excluding hydrogens is 243 g/mol. The summed E-state index contributed by atoms with van der Waals surface area (Å²) >= 11 is 5.63. The number of pyridine rings is 1. The maximum atomic E-state index is 13.5. The van der Waals surface area contributed by atoms with Gasteiger partial charge in [-0.15, -0.1) is 0 Å². The fourth-order valence-corrected chi connectivity index (χ4v) is 1.49. The standard InChI is InChI=1S/C12H10ClFN2O/c13-10-2-1-3-11(12(10)14)17-7-9-6-8(15)4-5-16-9/h1-6H,7H2,(H2,15,16). The zero-order valence-electron chi connectivity index (χ0n) is 8.86. The third kappa shape index (κ3) is 2.85. The second-order valence-corrected chi connectivity index (χ2v) is 3.83. The highest BCUT2D eigenvalue weighted by atomic mass is 35.5. The summed E-state index contributed by atoms with van der Waals surface area (Å²) in [5.41, 5.74) is 6.81. The lowest BCUT2D eigenvalue weighted by atomic mass is 10.3.